The highest BCUT2D eigenvalue weighted by molar-refractivity contribution is 7.46. The van der Waals surface area contributed by atoms with Crippen LogP contribution in [0.5, 0.6) is 0 Å². The molecule has 3 rings (SSSR count). The molecule has 0 aliphatic heterocycles. The molecule has 2 N–H and O–H groups in total. The maximum atomic E-state index is 12.9. The molecule has 1 aromatic carbocycles. The van der Waals surface area contributed by atoms with Gasteiger partial charge in [-0.2, -0.15) is 0 Å². The first-order valence-corrected chi connectivity index (χ1v) is 11.2. The molecule has 32 heavy (non-hydrogen) atoms. The first-order chi connectivity index (χ1) is 15.1. The lowest BCUT2D eigenvalue weighted by atomic mass is 10.1. The van der Waals surface area contributed by atoms with Gasteiger partial charge in [-0.1, -0.05) is 41.8 Å². The largest absolute Gasteiger partial charge is 0.469 e. The molecule has 0 fully saturated rings. The van der Waals surface area contributed by atoms with E-state index in [1.54, 1.807) is 17.7 Å². The second kappa shape index (κ2) is 9.51. The first-order valence-electron chi connectivity index (χ1n) is 9.70. The molecule has 0 atom stereocenters. The molecule has 0 unspecified atom stereocenters. The van der Waals surface area contributed by atoms with Gasteiger partial charge in [-0.3, -0.25) is 13.9 Å². The minimum atomic E-state index is -4.62. The average Bonchev–Trinajstić information content (AvgIpc) is 3.04. The molecule has 0 aliphatic rings. The van der Waals surface area contributed by atoms with E-state index in [9.17, 15) is 14.2 Å². The number of hydrogen-bond acceptors (Lipinski definition) is 5. The van der Waals surface area contributed by atoms with Crippen LogP contribution in [0.2, 0.25) is 0 Å². The summed E-state index contributed by atoms with van der Waals surface area (Å²) in [5, 5.41) is 0. The molecular formula is C21H23N4O6P. The van der Waals surface area contributed by atoms with E-state index < -0.39 is 19.1 Å². The van der Waals surface area contributed by atoms with Crippen molar-refractivity contribution < 1.29 is 18.9 Å². The van der Waals surface area contributed by atoms with Crippen molar-refractivity contribution in [3.05, 3.63) is 62.1 Å². The van der Waals surface area contributed by atoms with Gasteiger partial charge in [0.05, 0.1) is 13.2 Å². The van der Waals surface area contributed by atoms with Gasteiger partial charge in [0.2, 0.25) is 0 Å². The zero-order valence-corrected chi connectivity index (χ0v) is 18.5. The Morgan fingerprint density at radius 3 is 2.66 bits per heavy atom. The third kappa shape index (κ3) is 5.15. The van der Waals surface area contributed by atoms with Crippen molar-refractivity contribution in [2.75, 3.05) is 6.61 Å². The molecule has 168 valence electrons. The molecule has 0 amide bonds. The maximum Gasteiger partial charge on any atom is 0.469 e. The number of phosphoric acid groups is 1. The van der Waals surface area contributed by atoms with Crippen molar-refractivity contribution in [2.45, 2.75) is 26.4 Å². The fourth-order valence-corrected chi connectivity index (χ4v) is 3.68. The summed E-state index contributed by atoms with van der Waals surface area (Å²) in [6, 6.07) is 7.84. The van der Waals surface area contributed by atoms with Gasteiger partial charge in [0.25, 0.3) is 5.56 Å². The molecule has 0 bridgehead atoms. The van der Waals surface area contributed by atoms with E-state index in [0.717, 1.165) is 15.7 Å². The Morgan fingerprint density at radius 1 is 1.25 bits per heavy atom. The van der Waals surface area contributed by atoms with E-state index in [1.165, 1.54) is 4.57 Å². The van der Waals surface area contributed by atoms with E-state index in [1.807, 2.05) is 37.3 Å². The number of terminal acetylenes is 1. The number of phosphoric ester groups is 1. The highest BCUT2D eigenvalue weighted by Crippen LogP contribution is 2.35. The molecule has 0 radical (unpaired) electrons. The monoisotopic (exact) mass is 458 g/mol. The fourth-order valence-electron chi connectivity index (χ4n) is 3.31. The molecule has 0 saturated heterocycles. The van der Waals surface area contributed by atoms with E-state index >= 15 is 0 Å². The van der Waals surface area contributed by atoms with E-state index in [4.69, 9.17) is 16.2 Å². The van der Waals surface area contributed by atoms with Gasteiger partial charge in [0.15, 0.2) is 11.2 Å². The number of nitrogens with zero attached hydrogens (tertiary/aromatic N) is 4. The number of benzene rings is 1. The quantitative estimate of drug-likeness (QED) is 0.297. The van der Waals surface area contributed by atoms with Crippen LogP contribution in [0.25, 0.3) is 23.3 Å². The summed E-state index contributed by atoms with van der Waals surface area (Å²) < 4.78 is 19.1. The SMILES string of the molecule is C#CCn1c(=O)c2c(nc(/C=C/c3cccc(C)c3)n2C)n(CCCOP(=O)(O)O)c1=O. The second-order valence-electron chi connectivity index (χ2n) is 7.16. The van der Waals surface area contributed by atoms with Crippen LogP contribution in [0.15, 0.2) is 33.9 Å². The Labute approximate surface area is 183 Å². The van der Waals surface area contributed by atoms with Gasteiger partial charge < -0.3 is 14.4 Å². The number of aromatic nitrogens is 4. The van der Waals surface area contributed by atoms with Crippen molar-refractivity contribution in [2.24, 2.45) is 7.05 Å². The third-order valence-electron chi connectivity index (χ3n) is 4.78. The van der Waals surface area contributed by atoms with Crippen molar-refractivity contribution in [3.8, 4) is 12.3 Å². The Kier molecular flexibility index (Phi) is 6.96. The minimum absolute atomic E-state index is 0.0260. The summed E-state index contributed by atoms with van der Waals surface area (Å²) in [4.78, 5) is 48.0. The van der Waals surface area contributed by atoms with Crippen LogP contribution in [-0.2, 0) is 29.2 Å². The lowest BCUT2D eigenvalue weighted by Gasteiger charge is -2.10. The number of imidazole rings is 1. The normalized spacial score (nSPS) is 12.0. The first kappa shape index (κ1) is 23.4. The summed E-state index contributed by atoms with van der Waals surface area (Å²) in [5.74, 6) is 2.76. The van der Waals surface area contributed by atoms with Crippen LogP contribution in [0.1, 0.15) is 23.4 Å². The minimum Gasteiger partial charge on any atom is -0.322 e. The zero-order valence-electron chi connectivity index (χ0n) is 17.6. The van der Waals surface area contributed by atoms with E-state index in [2.05, 4.69) is 15.4 Å². The lowest BCUT2D eigenvalue weighted by molar-refractivity contribution is 0.192. The molecule has 11 heteroatoms. The third-order valence-corrected chi connectivity index (χ3v) is 5.30. The Balaban J connectivity index is 2.08. The van der Waals surface area contributed by atoms with Crippen LogP contribution in [0, 0.1) is 19.3 Å². The van der Waals surface area contributed by atoms with Gasteiger partial charge >= 0.3 is 13.5 Å². The number of hydrogen-bond donors (Lipinski definition) is 2. The molecule has 2 aromatic heterocycles. The lowest BCUT2D eigenvalue weighted by Crippen LogP contribution is -2.40. The number of rotatable bonds is 8. The molecular weight excluding hydrogens is 435 g/mol. The predicted octanol–water partition coefficient (Wildman–Crippen LogP) is 1.51. The van der Waals surface area contributed by atoms with Crippen LogP contribution in [0.3, 0.4) is 0 Å². The molecule has 0 spiro atoms. The molecule has 10 nitrogen and oxygen atoms in total. The van der Waals surface area contributed by atoms with Gasteiger partial charge in [-0.25, -0.2) is 18.9 Å². The maximum absolute atomic E-state index is 12.9. The fraction of sp³-hybridized carbons (Fsp3) is 0.286. The van der Waals surface area contributed by atoms with Crippen molar-refractivity contribution in [3.63, 3.8) is 0 Å². The summed E-state index contributed by atoms with van der Waals surface area (Å²) in [6.07, 6.45) is 9.04. The summed E-state index contributed by atoms with van der Waals surface area (Å²) in [6.45, 7) is 1.51. The molecule has 0 saturated carbocycles. The Morgan fingerprint density at radius 2 is 2.00 bits per heavy atom. The van der Waals surface area contributed by atoms with Crippen LogP contribution in [-0.4, -0.2) is 35.1 Å². The van der Waals surface area contributed by atoms with E-state index in [-0.39, 0.29) is 37.3 Å². The molecule has 3 aromatic rings. The summed E-state index contributed by atoms with van der Waals surface area (Å²) in [7, 11) is -2.95. The summed E-state index contributed by atoms with van der Waals surface area (Å²) in [5.41, 5.74) is 1.20. The van der Waals surface area contributed by atoms with Gasteiger partial charge in [0, 0.05) is 13.6 Å². The van der Waals surface area contributed by atoms with Crippen LogP contribution >= 0.6 is 7.82 Å². The number of aryl methyl sites for hydroxylation is 3. The molecule has 0 aliphatic carbocycles. The average molecular weight is 458 g/mol. The van der Waals surface area contributed by atoms with Crippen molar-refractivity contribution in [1.82, 2.24) is 18.7 Å². The standard InChI is InChI=1S/C21H23N4O6P/c1-4-11-25-20(26)18-19(24(21(25)27)12-6-13-31-32(28,29)30)22-17(23(18)3)10-9-16-8-5-7-15(2)14-16/h1,5,7-10,14H,6,11-13H2,2-3H3,(H2,28,29,30)/b10-9+. The molecule has 2 heterocycles. The zero-order chi connectivity index (χ0) is 23.5. The topological polar surface area (TPSA) is 129 Å². The summed E-state index contributed by atoms with van der Waals surface area (Å²) >= 11 is 0. The highest BCUT2D eigenvalue weighted by Gasteiger charge is 2.19. The van der Waals surface area contributed by atoms with Crippen molar-refractivity contribution >= 4 is 31.1 Å². The van der Waals surface area contributed by atoms with Gasteiger partial charge in [0.1, 0.15) is 5.82 Å². The second-order valence-corrected chi connectivity index (χ2v) is 8.40. The number of fused-ring (bicyclic) bond motifs is 1. The highest BCUT2D eigenvalue weighted by atomic mass is 31.2. The Hall–Kier alpha value is -3.22. The van der Waals surface area contributed by atoms with Gasteiger partial charge in [-0.15, -0.1) is 6.42 Å². The van der Waals surface area contributed by atoms with Crippen LogP contribution < -0.4 is 11.2 Å². The van der Waals surface area contributed by atoms with Crippen molar-refractivity contribution in [1.29, 1.82) is 0 Å². The van der Waals surface area contributed by atoms with Crippen LogP contribution in [0.4, 0.5) is 0 Å². The predicted molar refractivity (Wildman–Crippen MR) is 121 cm³/mol. The Bertz CT molecular complexity index is 1390. The van der Waals surface area contributed by atoms with Gasteiger partial charge in [-0.05, 0) is 25.0 Å². The smallest absolute Gasteiger partial charge is 0.322 e. The van der Waals surface area contributed by atoms with E-state index in [0.29, 0.717) is 5.82 Å².